The van der Waals surface area contributed by atoms with Gasteiger partial charge in [-0.1, -0.05) is 6.92 Å². The molecule has 0 amide bonds. The number of piperidine rings is 1. The van der Waals surface area contributed by atoms with E-state index < -0.39 is 0 Å². The largest absolute Gasteiger partial charge is 0.367 e. The van der Waals surface area contributed by atoms with Crippen LogP contribution >= 0.6 is 0 Å². The molecule has 0 aliphatic carbocycles. The van der Waals surface area contributed by atoms with E-state index in [2.05, 4.69) is 62.0 Å². The van der Waals surface area contributed by atoms with Crippen LogP contribution in [0, 0.1) is 25.2 Å². The van der Waals surface area contributed by atoms with Crippen LogP contribution in [0.1, 0.15) is 61.7 Å². The Morgan fingerprint density at radius 3 is 2.56 bits per heavy atom. The van der Waals surface area contributed by atoms with Crippen LogP contribution in [-0.2, 0) is 6.42 Å². The first kappa shape index (κ1) is 19.5. The van der Waals surface area contributed by atoms with E-state index in [0.717, 1.165) is 48.2 Å². The van der Waals surface area contributed by atoms with E-state index >= 15 is 0 Å². The second kappa shape index (κ2) is 8.15. The molecule has 27 heavy (non-hydrogen) atoms. The number of hydrogen-bond donors (Lipinski definition) is 3. The summed E-state index contributed by atoms with van der Waals surface area (Å²) >= 11 is 0. The summed E-state index contributed by atoms with van der Waals surface area (Å²) in [6, 6.07) is 4.65. The van der Waals surface area contributed by atoms with Crippen LogP contribution in [0.25, 0.3) is 0 Å². The summed E-state index contributed by atoms with van der Waals surface area (Å²) in [6.07, 6.45) is 4.66. The van der Waals surface area contributed by atoms with Gasteiger partial charge in [-0.25, -0.2) is 4.98 Å². The second-order valence-corrected chi connectivity index (χ2v) is 8.31. The summed E-state index contributed by atoms with van der Waals surface area (Å²) in [7, 11) is 0. The number of aromatic amines is 1. The van der Waals surface area contributed by atoms with Crippen molar-refractivity contribution in [3.63, 3.8) is 0 Å². The molecule has 3 rings (SSSR count). The minimum atomic E-state index is 0.273. The lowest BCUT2D eigenvalue weighted by atomic mass is 9.98. The van der Waals surface area contributed by atoms with Gasteiger partial charge in [0.2, 0.25) is 0 Å². The third-order valence-corrected chi connectivity index (χ3v) is 5.43. The molecule has 5 nitrogen and oxygen atoms in total. The maximum Gasteiger partial charge on any atom is 0.137 e. The van der Waals surface area contributed by atoms with Crippen molar-refractivity contribution in [3.8, 4) is 0 Å². The van der Waals surface area contributed by atoms with E-state index in [9.17, 15) is 0 Å². The zero-order chi connectivity index (χ0) is 19.6. The van der Waals surface area contributed by atoms with E-state index in [1.54, 1.807) is 0 Å². The summed E-state index contributed by atoms with van der Waals surface area (Å²) in [4.78, 5) is 10.8. The molecule has 0 atom stereocenters. The first-order valence-electron chi connectivity index (χ1n) is 10.1. The van der Waals surface area contributed by atoms with Crippen LogP contribution in [0.15, 0.2) is 12.1 Å². The molecular formula is C22H33N5. The molecule has 0 bridgehead atoms. The number of hydrogen-bond acceptors (Lipinski definition) is 4. The van der Waals surface area contributed by atoms with Gasteiger partial charge in [-0.3, -0.25) is 0 Å². The Bertz CT molecular complexity index is 797. The first-order chi connectivity index (χ1) is 12.9. The standard InChI is InChI=1S/C22H33N5/c1-14(2)24-22-19(13-23)18(11-20-16(4)10-17(5)25-20)12-21(26-22)27-8-6-15(3)7-9-27/h10,12-15,23,25H,6-9,11H2,1-5H3,(H,24,26). The second-order valence-electron chi connectivity index (χ2n) is 8.31. The smallest absolute Gasteiger partial charge is 0.137 e. The molecule has 1 aliphatic heterocycles. The van der Waals surface area contributed by atoms with E-state index in [0.29, 0.717) is 0 Å². The van der Waals surface area contributed by atoms with Crippen LogP contribution in [0.4, 0.5) is 11.6 Å². The molecule has 0 saturated carbocycles. The fourth-order valence-corrected chi connectivity index (χ4v) is 3.84. The van der Waals surface area contributed by atoms with Gasteiger partial charge < -0.3 is 20.6 Å². The van der Waals surface area contributed by atoms with Gasteiger partial charge in [-0.05, 0) is 69.7 Å². The fourth-order valence-electron chi connectivity index (χ4n) is 3.84. The average molecular weight is 368 g/mol. The molecular weight excluding hydrogens is 334 g/mol. The van der Waals surface area contributed by atoms with Gasteiger partial charge in [0.15, 0.2) is 0 Å². The Labute approximate surface area is 163 Å². The quantitative estimate of drug-likeness (QED) is 0.650. The van der Waals surface area contributed by atoms with Crippen molar-refractivity contribution in [2.75, 3.05) is 23.3 Å². The Hall–Kier alpha value is -2.30. The lowest BCUT2D eigenvalue weighted by Gasteiger charge is -2.32. The monoisotopic (exact) mass is 367 g/mol. The summed E-state index contributed by atoms with van der Waals surface area (Å²) in [6.45, 7) is 12.9. The molecule has 5 heteroatoms. The lowest BCUT2D eigenvalue weighted by Crippen LogP contribution is -2.33. The Kier molecular flexibility index (Phi) is 5.88. The van der Waals surface area contributed by atoms with Crippen LogP contribution in [0.2, 0.25) is 0 Å². The average Bonchev–Trinajstić information content (AvgIpc) is 2.92. The molecule has 0 radical (unpaired) electrons. The highest BCUT2D eigenvalue weighted by atomic mass is 15.2. The van der Waals surface area contributed by atoms with Crippen molar-refractivity contribution >= 4 is 17.9 Å². The third kappa shape index (κ3) is 4.52. The van der Waals surface area contributed by atoms with Crippen molar-refractivity contribution in [3.05, 3.63) is 40.2 Å². The molecule has 0 unspecified atom stereocenters. The van der Waals surface area contributed by atoms with Crippen molar-refractivity contribution < 1.29 is 0 Å². The summed E-state index contributed by atoms with van der Waals surface area (Å²) in [5, 5.41) is 11.5. The van der Waals surface area contributed by atoms with E-state index in [-0.39, 0.29) is 6.04 Å². The van der Waals surface area contributed by atoms with Crippen LogP contribution < -0.4 is 10.2 Å². The van der Waals surface area contributed by atoms with Gasteiger partial charge in [0.25, 0.3) is 0 Å². The normalized spacial score (nSPS) is 15.4. The number of aryl methyl sites for hydroxylation is 2. The number of nitrogens with zero attached hydrogens (tertiary/aromatic N) is 2. The maximum atomic E-state index is 8.01. The Morgan fingerprint density at radius 1 is 1.30 bits per heavy atom. The highest BCUT2D eigenvalue weighted by molar-refractivity contribution is 5.87. The van der Waals surface area contributed by atoms with E-state index in [1.807, 2.05) is 0 Å². The molecule has 1 fully saturated rings. The number of pyridine rings is 1. The Balaban J connectivity index is 2.01. The number of rotatable bonds is 6. The molecule has 3 N–H and O–H groups in total. The van der Waals surface area contributed by atoms with Gasteiger partial charge in [-0.15, -0.1) is 0 Å². The molecule has 1 saturated heterocycles. The molecule has 2 aromatic rings. The molecule has 1 aliphatic rings. The predicted molar refractivity (Wildman–Crippen MR) is 115 cm³/mol. The molecule has 3 heterocycles. The van der Waals surface area contributed by atoms with Gasteiger partial charge in [0, 0.05) is 48.7 Å². The molecule has 146 valence electrons. The van der Waals surface area contributed by atoms with Crippen molar-refractivity contribution in [2.24, 2.45) is 5.92 Å². The first-order valence-corrected chi connectivity index (χ1v) is 10.1. The number of aromatic nitrogens is 2. The van der Waals surface area contributed by atoms with E-state index in [1.165, 1.54) is 36.0 Å². The van der Waals surface area contributed by atoms with Gasteiger partial charge in [0.1, 0.15) is 11.6 Å². The van der Waals surface area contributed by atoms with Crippen molar-refractivity contribution in [2.45, 2.75) is 59.9 Å². The topological polar surface area (TPSA) is 67.8 Å². The molecule has 2 aromatic heterocycles. The van der Waals surface area contributed by atoms with Crippen molar-refractivity contribution in [1.82, 2.24) is 9.97 Å². The van der Waals surface area contributed by atoms with Crippen LogP contribution in [0.5, 0.6) is 0 Å². The minimum Gasteiger partial charge on any atom is -0.367 e. The summed E-state index contributed by atoms with van der Waals surface area (Å²) < 4.78 is 0. The summed E-state index contributed by atoms with van der Waals surface area (Å²) in [5.41, 5.74) is 5.72. The van der Waals surface area contributed by atoms with Gasteiger partial charge >= 0.3 is 0 Å². The minimum absolute atomic E-state index is 0.273. The van der Waals surface area contributed by atoms with Crippen LogP contribution in [-0.4, -0.2) is 35.3 Å². The summed E-state index contributed by atoms with van der Waals surface area (Å²) in [5.74, 6) is 2.65. The van der Waals surface area contributed by atoms with Crippen LogP contribution in [0.3, 0.4) is 0 Å². The number of H-pyrrole nitrogens is 1. The number of anilines is 2. The molecule has 0 aromatic carbocycles. The maximum absolute atomic E-state index is 8.01. The third-order valence-electron chi connectivity index (χ3n) is 5.43. The highest BCUT2D eigenvalue weighted by Gasteiger charge is 2.21. The van der Waals surface area contributed by atoms with Gasteiger partial charge in [0.05, 0.1) is 0 Å². The predicted octanol–water partition coefficient (Wildman–Crippen LogP) is 4.67. The molecule has 0 spiro atoms. The van der Waals surface area contributed by atoms with Gasteiger partial charge in [-0.2, -0.15) is 0 Å². The van der Waals surface area contributed by atoms with E-state index in [4.69, 9.17) is 10.4 Å². The highest BCUT2D eigenvalue weighted by Crippen LogP contribution is 2.29. The van der Waals surface area contributed by atoms with Crippen molar-refractivity contribution in [1.29, 1.82) is 5.41 Å². The lowest BCUT2D eigenvalue weighted by molar-refractivity contribution is 0.436. The zero-order valence-electron chi connectivity index (χ0n) is 17.3. The zero-order valence-corrected chi connectivity index (χ0v) is 17.3. The SMILES string of the molecule is Cc1cc(C)c(Cc2cc(N3CCC(C)CC3)nc(NC(C)C)c2C=N)[nH]1. The number of nitrogens with one attached hydrogen (secondary N) is 3. The Morgan fingerprint density at radius 2 is 2.00 bits per heavy atom. The fraction of sp³-hybridized carbons (Fsp3) is 0.545.